The second-order valence-corrected chi connectivity index (χ2v) is 6.36. The molecule has 3 rings (SSSR count). The third kappa shape index (κ3) is 3.34. The van der Waals surface area contributed by atoms with Crippen LogP contribution in [-0.2, 0) is 4.74 Å². The number of ether oxygens (including phenoxy) is 2. The average molecular weight is 381 g/mol. The van der Waals surface area contributed by atoms with Gasteiger partial charge in [0.1, 0.15) is 5.75 Å². The Morgan fingerprint density at radius 2 is 1.83 bits per heavy atom. The molecule has 1 aliphatic rings. The summed E-state index contributed by atoms with van der Waals surface area (Å²) in [6, 6.07) is 12.8. The van der Waals surface area contributed by atoms with E-state index in [4.69, 9.17) is 44.9 Å². The van der Waals surface area contributed by atoms with Gasteiger partial charge in [-0.25, -0.2) is 0 Å². The van der Waals surface area contributed by atoms with E-state index < -0.39 is 0 Å². The molecule has 0 radical (unpaired) electrons. The largest absolute Gasteiger partial charge is 0.497 e. The average Bonchev–Trinajstić information content (AvgIpc) is 2.60. The van der Waals surface area contributed by atoms with E-state index in [0.717, 1.165) is 16.9 Å². The van der Waals surface area contributed by atoms with E-state index in [0.29, 0.717) is 21.1 Å². The van der Waals surface area contributed by atoms with Crippen LogP contribution in [0, 0.1) is 0 Å². The van der Waals surface area contributed by atoms with Gasteiger partial charge >= 0.3 is 0 Å². The molecule has 0 spiro atoms. The van der Waals surface area contributed by atoms with Crippen LogP contribution in [0.3, 0.4) is 0 Å². The van der Waals surface area contributed by atoms with Crippen LogP contribution in [0.25, 0.3) is 0 Å². The monoisotopic (exact) mass is 380 g/mol. The smallest absolute Gasteiger partial charge is 0.225 e. The lowest BCUT2D eigenvalue weighted by molar-refractivity contribution is 0.0757. The van der Waals surface area contributed by atoms with Gasteiger partial charge in [-0.15, -0.1) is 0 Å². The van der Waals surface area contributed by atoms with Crippen LogP contribution in [0.5, 0.6) is 5.75 Å². The van der Waals surface area contributed by atoms with Gasteiger partial charge in [0.25, 0.3) is 0 Å². The van der Waals surface area contributed by atoms with Gasteiger partial charge in [0.2, 0.25) is 17.2 Å². The molecule has 1 atom stereocenters. The summed E-state index contributed by atoms with van der Waals surface area (Å²) in [5.41, 5.74) is 1.66. The second kappa shape index (κ2) is 6.97. The Morgan fingerprint density at radius 1 is 1.12 bits per heavy atom. The molecule has 0 saturated heterocycles. The molecule has 1 unspecified atom stereocenters. The summed E-state index contributed by atoms with van der Waals surface area (Å²) in [4.78, 5) is 6.13. The molecule has 0 amide bonds. The number of rotatable bonds is 3. The van der Waals surface area contributed by atoms with Crippen LogP contribution in [-0.4, -0.2) is 30.1 Å². The molecule has 1 heterocycles. The SMILES string of the molecule is COc1ccc(C2OC(c3ccc(Cl)c(Cl)c3)=NC(=S)N2C)cc1. The summed E-state index contributed by atoms with van der Waals surface area (Å²) < 4.78 is 11.2. The van der Waals surface area contributed by atoms with E-state index in [1.807, 2.05) is 31.3 Å². The third-order valence-corrected chi connectivity index (χ3v) is 4.76. The molecule has 2 aromatic carbocycles. The summed E-state index contributed by atoms with van der Waals surface area (Å²) in [6.45, 7) is 0. The van der Waals surface area contributed by atoms with Crippen LogP contribution in [0.2, 0.25) is 10.0 Å². The summed E-state index contributed by atoms with van der Waals surface area (Å²) >= 11 is 17.4. The number of hydrogen-bond donors (Lipinski definition) is 0. The fraction of sp³-hybridized carbons (Fsp3) is 0.176. The minimum absolute atomic E-state index is 0.384. The quantitative estimate of drug-likeness (QED) is 0.723. The molecular weight excluding hydrogens is 367 g/mol. The lowest BCUT2D eigenvalue weighted by Crippen LogP contribution is -2.37. The van der Waals surface area contributed by atoms with Crippen LogP contribution in [0.15, 0.2) is 47.5 Å². The zero-order chi connectivity index (χ0) is 17.3. The highest BCUT2D eigenvalue weighted by molar-refractivity contribution is 7.80. The molecule has 0 N–H and O–H groups in total. The Hall–Kier alpha value is -1.82. The summed E-state index contributed by atoms with van der Waals surface area (Å²) in [6.07, 6.45) is -0.384. The third-order valence-electron chi connectivity index (χ3n) is 3.64. The topological polar surface area (TPSA) is 34.1 Å². The summed E-state index contributed by atoms with van der Waals surface area (Å²) in [5, 5.41) is 1.35. The Morgan fingerprint density at radius 3 is 2.46 bits per heavy atom. The minimum Gasteiger partial charge on any atom is -0.497 e. The Bertz CT molecular complexity index is 809. The van der Waals surface area contributed by atoms with E-state index in [1.165, 1.54) is 0 Å². The predicted molar refractivity (Wildman–Crippen MR) is 100 cm³/mol. The van der Waals surface area contributed by atoms with Gasteiger partial charge in [0, 0.05) is 18.2 Å². The fourth-order valence-corrected chi connectivity index (χ4v) is 2.78. The van der Waals surface area contributed by atoms with Crippen molar-refractivity contribution in [1.82, 2.24) is 4.90 Å². The first kappa shape index (κ1) is 17.0. The van der Waals surface area contributed by atoms with Gasteiger partial charge in [0.05, 0.1) is 17.2 Å². The first-order valence-electron chi connectivity index (χ1n) is 7.11. The molecule has 0 saturated carbocycles. The highest BCUT2D eigenvalue weighted by Gasteiger charge is 2.28. The maximum absolute atomic E-state index is 6.09. The van der Waals surface area contributed by atoms with E-state index >= 15 is 0 Å². The molecule has 1 aliphatic heterocycles. The zero-order valence-corrected chi connectivity index (χ0v) is 15.3. The van der Waals surface area contributed by atoms with Crippen molar-refractivity contribution in [2.24, 2.45) is 4.99 Å². The van der Waals surface area contributed by atoms with E-state index in [9.17, 15) is 0 Å². The van der Waals surface area contributed by atoms with E-state index in [-0.39, 0.29) is 6.23 Å². The highest BCUT2D eigenvalue weighted by Crippen LogP contribution is 2.30. The highest BCUT2D eigenvalue weighted by atomic mass is 35.5. The van der Waals surface area contributed by atoms with Crippen LogP contribution in [0.1, 0.15) is 17.4 Å². The molecule has 4 nitrogen and oxygen atoms in total. The number of hydrogen-bond acceptors (Lipinski definition) is 3. The van der Waals surface area contributed by atoms with E-state index in [1.54, 1.807) is 30.2 Å². The van der Waals surface area contributed by atoms with Crippen molar-refractivity contribution in [2.75, 3.05) is 14.2 Å². The normalized spacial score (nSPS) is 17.3. The van der Waals surface area contributed by atoms with Crippen molar-refractivity contribution >= 4 is 46.4 Å². The minimum atomic E-state index is -0.384. The predicted octanol–water partition coefficient (Wildman–Crippen LogP) is 4.69. The van der Waals surface area contributed by atoms with Gasteiger partial charge in [-0.1, -0.05) is 23.2 Å². The molecule has 0 fully saturated rings. The maximum Gasteiger partial charge on any atom is 0.225 e. The van der Waals surface area contributed by atoms with Gasteiger partial charge in [-0.05, 0) is 54.7 Å². The van der Waals surface area contributed by atoms with Gasteiger partial charge in [-0.2, -0.15) is 4.99 Å². The Balaban J connectivity index is 1.94. The molecule has 2 aromatic rings. The molecule has 24 heavy (non-hydrogen) atoms. The molecule has 0 bridgehead atoms. The van der Waals surface area contributed by atoms with Crippen molar-refractivity contribution < 1.29 is 9.47 Å². The fourth-order valence-electron chi connectivity index (χ4n) is 2.30. The van der Waals surface area contributed by atoms with Gasteiger partial charge < -0.3 is 14.4 Å². The van der Waals surface area contributed by atoms with Crippen molar-refractivity contribution in [3.05, 3.63) is 63.6 Å². The summed E-state index contributed by atoms with van der Waals surface area (Å²) in [5.74, 6) is 1.19. The van der Waals surface area contributed by atoms with Crippen molar-refractivity contribution in [1.29, 1.82) is 0 Å². The summed E-state index contributed by atoms with van der Waals surface area (Å²) in [7, 11) is 3.47. The zero-order valence-electron chi connectivity index (χ0n) is 13.0. The number of methoxy groups -OCH3 is 1. The Kier molecular flexibility index (Phi) is 4.94. The van der Waals surface area contributed by atoms with Gasteiger partial charge in [0.15, 0.2) is 0 Å². The standard InChI is InChI=1S/C17H14Cl2N2O2S/c1-21-16(10-3-6-12(22-2)7-4-10)23-15(20-17(21)24)11-5-8-13(18)14(19)9-11/h3-9,16H,1-2H3. The number of benzene rings is 2. The van der Waals surface area contributed by atoms with Crippen LogP contribution >= 0.6 is 35.4 Å². The number of halogens is 2. The van der Waals surface area contributed by atoms with Crippen molar-refractivity contribution in [2.45, 2.75) is 6.23 Å². The lowest BCUT2D eigenvalue weighted by atomic mass is 10.1. The van der Waals surface area contributed by atoms with Crippen LogP contribution in [0.4, 0.5) is 0 Å². The number of thiocarbonyl (C=S) groups is 1. The molecule has 0 aliphatic carbocycles. The molecule has 124 valence electrons. The van der Waals surface area contributed by atoms with Crippen LogP contribution < -0.4 is 4.74 Å². The Labute approximate surface area is 155 Å². The molecule has 0 aromatic heterocycles. The first-order chi connectivity index (χ1) is 11.5. The maximum atomic E-state index is 6.09. The van der Waals surface area contributed by atoms with E-state index in [2.05, 4.69) is 4.99 Å². The molecule has 7 heteroatoms. The number of aliphatic imine (C=N–C) groups is 1. The first-order valence-corrected chi connectivity index (χ1v) is 8.27. The second-order valence-electron chi connectivity index (χ2n) is 5.18. The van der Waals surface area contributed by atoms with Crippen molar-refractivity contribution in [3.8, 4) is 5.75 Å². The lowest BCUT2D eigenvalue weighted by Gasteiger charge is -2.33. The van der Waals surface area contributed by atoms with Crippen molar-refractivity contribution in [3.63, 3.8) is 0 Å². The molecular formula is C17H14Cl2N2O2S. The van der Waals surface area contributed by atoms with Gasteiger partial charge in [-0.3, -0.25) is 0 Å². The number of nitrogens with zero attached hydrogens (tertiary/aromatic N) is 2.